The standard InChI is InChI=1S/C30H24N6O9S3/c31-29-33-21(14-48-29)30(28(43)44,16-5-6-18(37)19(38)11-16)45-32-12-22(39)34-23-17-13-47-20(24(27(41)42)36(17)25(23)40)4-2-9-35-8-1-3-15-7-10-46-26(15)35/h1-8,10-12,14,17,23H,9,13H2,(H6-,31,32,33,34,37,38,39,41,42,43,44). The summed E-state index contributed by atoms with van der Waals surface area (Å²) >= 11 is 3.69. The maximum Gasteiger partial charge on any atom is 0.362 e. The lowest BCUT2D eigenvalue weighted by atomic mass is 9.90. The van der Waals surface area contributed by atoms with E-state index in [4.69, 9.17) is 10.6 Å². The summed E-state index contributed by atoms with van der Waals surface area (Å²) in [6, 6.07) is 7.25. The number of hydrogen-bond acceptors (Lipinski definition) is 14. The van der Waals surface area contributed by atoms with Gasteiger partial charge < -0.3 is 46.0 Å². The molecule has 2 aliphatic heterocycles. The Morgan fingerprint density at radius 3 is 2.75 bits per heavy atom. The fraction of sp³-hybridized carbons (Fsp3) is 0.167. The molecule has 5 heterocycles. The molecule has 3 unspecified atom stereocenters. The van der Waals surface area contributed by atoms with Gasteiger partial charge in [0.2, 0.25) is 0 Å². The lowest BCUT2D eigenvalue weighted by Gasteiger charge is -2.50. The number of carboxylic acid groups (broad SMARTS) is 2. The molecular weight excluding hydrogens is 685 g/mol. The molecule has 2 amide bonds. The zero-order valence-electron chi connectivity index (χ0n) is 24.4. The van der Waals surface area contributed by atoms with E-state index in [1.165, 1.54) is 17.1 Å². The molecule has 246 valence electrons. The van der Waals surface area contributed by atoms with Crippen molar-refractivity contribution in [3.05, 3.63) is 87.4 Å². The first-order valence-corrected chi connectivity index (χ1v) is 16.7. The summed E-state index contributed by atoms with van der Waals surface area (Å²) in [5, 5.41) is 52.5. The number of carbonyl (C=O) groups is 4. The van der Waals surface area contributed by atoms with Crippen molar-refractivity contribution in [3.8, 4) is 11.5 Å². The van der Waals surface area contributed by atoms with Crippen molar-refractivity contribution in [1.82, 2.24) is 15.2 Å². The smallest absolute Gasteiger partial charge is 0.362 e. The Labute approximate surface area is 282 Å². The number of nitrogens with zero attached hydrogens (tertiary/aromatic N) is 4. The van der Waals surface area contributed by atoms with Crippen LogP contribution in [-0.2, 0) is 36.2 Å². The molecule has 3 atom stereocenters. The Bertz CT molecular complexity index is 2060. The van der Waals surface area contributed by atoms with Crippen LogP contribution >= 0.6 is 34.4 Å². The highest BCUT2D eigenvalue weighted by Gasteiger charge is 2.52. The Balaban J connectivity index is 1.16. The molecule has 48 heavy (non-hydrogen) atoms. The third-order valence-corrected chi connectivity index (χ3v) is 10.4. The molecule has 0 radical (unpaired) electrons. The molecule has 0 aliphatic carbocycles. The van der Waals surface area contributed by atoms with E-state index in [1.54, 1.807) is 23.5 Å². The van der Waals surface area contributed by atoms with E-state index in [9.17, 15) is 39.6 Å². The number of rotatable bonds is 11. The highest BCUT2D eigenvalue weighted by molar-refractivity contribution is 8.03. The topological polar surface area (TPSA) is 232 Å². The molecule has 1 saturated heterocycles. The summed E-state index contributed by atoms with van der Waals surface area (Å²) in [4.78, 5) is 62.4. The summed E-state index contributed by atoms with van der Waals surface area (Å²) in [5.74, 6) is -5.69. The second-order valence-corrected chi connectivity index (χ2v) is 13.2. The van der Waals surface area contributed by atoms with E-state index in [1.807, 2.05) is 34.3 Å². The number of aliphatic carboxylic acids is 2. The number of thioether (sulfide) groups is 1. The van der Waals surface area contributed by atoms with Crippen LogP contribution in [0.15, 0.2) is 81.3 Å². The fourth-order valence-corrected chi connectivity index (χ4v) is 7.99. The van der Waals surface area contributed by atoms with Crippen LogP contribution in [-0.4, -0.2) is 73.0 Å². The van der Waals surface area contributed by atoms with Crippen molar-refractivity contribution in [2.75, 3.05) is 11.5 Å². The predicted octanol–water partition coefficient (Wildman–Crippen LogP) is 0.630. The second kappa shape index (κ2) is 13.0. The summed E-state index contributed by atoms with van der Waals surface area (Å²) in [7, 11) is 0. The predicted molar refractivity (Wildman–Crippen MR) is 173 cm³/mol. The van der Waals surface area contributed by atoms with E-state index >= 15 is 0 Å². The molecule has 18 heteroatoms. The maximum absolute atomic E-state index is 13.1. The normalized spacial score (nSPS) is 18.9. The zero-order valence-corrected chi connectivity index (χ0v) is 26.8. The Morgan fingerprint density at radius 1 is 1.23 bits per heavy atom. The van der Waals surface area contributed by atoms with E-state index in [0.717, 1.165) is 44.7 Å². The lowest BCUT2D eigenvalue weighted by molar-refractivity contribution is -0.658. The van der Waals surface area contributed by atoms with Gasteiger partial charge in [0.1, 0.15) is 18.0 Å². The average molecular weight is 709 g/mol. The van der Waals surface area contributed by atoms with Crippen LogP contribution in [0.2, 0.25) is 0 Å². The number of pyridine rings is 1. The number of hydrogen-bond donors (Lipinski definition) is 5. The quantitative estimate of drug-likeness (QED) is 0.0475. The first kappa shape index (κ1) is 32.5. The summed E-state index contributed by atoms with van der Waals surface area (Å²) in [6.45, 7) is 0.465. The number of nitrogens with one attached hydrogen (secondary N) is 1. The van der Waals surface area contributed by atoms with Gasteiger partial charge in [-0.05, 0) is 47.9 Å². The molecule has 6 N–H and O–H groups in total. The van der Waals surface area contributed by atoms with E-state index in [0.29, 0.717) is 17.7 Å². The monoisotopic (exact) mass is 708 g/mol. The number of allylic oxidation sites excluding steroid dienone is 2. The van der Waals surface area contributed by atoms with Crippen molar-refractivity contribution >= 4 is 79.8 Å². The number of benzene rings is 1. The molecule has 3 aromatic heterocycles. The van der Waals surface area contributed by atoms with Gasteiger partial charge in [0, 0.05) is 27.7 Å². The van der Waals surface area contributed by atoms with Gasteiger partial charge in [-0.2, -0.15) is 4.57 Å². The average Bonchev–Trinajstić information content (AvgIpc) is 3.72. The number of aromatic nitrogens is 2. The minimum Gasteiger partial charge on any atom is -0.543 e. The molecule has 2 aliphatic rings. The summed E-state index contributed by atoms with van der Waals surface area (Å²) < 4.78 is 2.01. The van der Waals surface area contributed by atoms with Gasteiger partial charge in [0.15, 0.2) is 29.4 Å². The number of oxime groups is 1. The molecule has 1 aromatic carbocycles. The Morgan fingerprint density at radius 2 is 2.04 bits per heavy atom. The second-order valence-electron chi connectivity index (χ2n) is 10.4. The number of β-lactam (4-membered cyclic amide) rings is 1. The first-order valence-electron chi connectivity index (χ1n) is 13.9. The van der Waals surface area contributed by atoms with Crippen molar-refractivity contribution in [2.24, 2.45) is 5.16 Å². The number of phenolic OH excluding ortho intramolecular Hbond substituents is 2. The molecule has 15 nitrogen and oxygen atoms in total. The number of carboxylic acids is 2. The molecule has 0 spiro atoms. The number of fused-ring (bicyclic) bond motifs is 2. The van der Waals surface area contributed by atoms with Crippen LogP contribution in [0.3, 0.4) is 0 Å². The van der Waals surface area contributed by atoms with Crippen LogP contribution in [0.1, 0.15) is 11.3 Å². The number of amides is 2. The number of nitrogens with two attached hydrogens (primary N) is 1. The number of thiophene rings is 1. The van der Waals surface area contributed by atoms with Gasteiger partial charge in [-0.1, -0.05) is 16.5 Å². The van der Waals surface area contributed by atoms with Crippen molar-refractivity contribution < 1.29 is 49.0 Å². The fourth-order valence-electron chi connectivity index (χ4n) is 5.30. The largest absolute Gasteiger partial charge is 0.543 e. The van der Waals surface area contributed by atoms with Crippen molar-refractivity contribution in [1.29, 1.82) is 0 Å². The van der Waals surface area contributed by atoms with Crippen LogP contribution in [0, 0.1) is 0 Å². The van der Waals surface area contributed by atoms with Crippen molar-refractivity contribution in [2.45, 2.75) is 24.2 Å². The zero-order chi connectivity index (χ0) is 34.2. The Kier molecular flexibility index (Phi) is 8.78. The van der Waals surface area contributed by atoms with E-state index in [2.05, 4.69) is 15.5 Å². The highest BCUT2D eigenvalue weighted by Crippen LogP contribution is 2.40. The molecule has 0 bridgehead atoms. The van der Waals surface area contributed by atoms with Gasteiger partial charge >= 0.3 is 11.6 Å². The molecule has 0 saturated carbocycles. The maximum atomic E-state index is 13.1. The van der Waals surface area contributed by atoms with Crippen LogP contribution in [0.4, 0.5) is 5.13 Å². The number of aromatic hydroxyl groups is 2. The van der Waals surface area contributed by atoms with Gasteiger partial charge in [-0.3, -0.25) is 9.59 Å². The van der Waals surface area contributed by atoms with Gasteiger partial charge in [-0.15, -0.1) is 23.1 Å². The van der Waals surface area contributed by atoms with Crippen molar-refractivity contribution in [3.63, 3.8) is 0 Å². The van der Waals surface area contributed by atoms with Gasteiger partial charge in [0.25, 0.3) is 16.6 Å². The number of anilines is 1. The van der Waals surface area contributed by atoms with E-state index < -0.39 is 52.9 Å². The number of carbonyl (C=O) groups excluding carboxylic acids is 3. The van der Waals surface area contributed by atoms with Crippen LogP contribution in [0.5, 0.6) is 11.5 Å². The molecule has 6 rings (SSSR count). The molecule has 4 aromatic rings. The number of phenols is 2. The van der Waals surface area contributed by atoms with Crippen LogP contribution in [0.25, 0.3) is 10.2 Å². The van der Waals surface area contributed by atoms with Gasteiger partial charge in [0.05, 0.1) is 23.1 Å². The van der Waals surface area contributed by atoms with Gasteiger partial charge in [-0.25, -0.2) is 9.78 Å². The SMILES string of the molecule is Nc1nc(C(ON=CC(=O)NC2C(=O)N3C(C(=O)[O-])=C(C=CC[n+]4cccc5ccsc54)SCC23)(C(=O)O)c2ccc(O)c(O)c2)cs1. The number of thiazole rings is 1. The van der Waals surface area contributed by atoms with Crippen LogP contribution < -0.4 is 20.7 Å². The molecule has 1 fully saturated rings. The number of nitrogen functional groups attached to an aromatic ring is 1. The molecular formula is C30H24N6O9S3. The highest BCUT2D eigenvalue weighted by atomic mass is 32.2. The lowest BCUT2D eigenvalue weighted by Crippen LogP contribution is -2.73. The Hall–Kier alpha value is -5.46. The van der Waals surface area contributed by atoms with E-state index in [-0.39, 0.29) is 27.8 Å². The first-order chi connectivity index (χ1) is 23.0. The third kappa shape index (κ3) is 5.80. The third-order valence-electron chi connectivity index (χ3n) is 7.57. The summed E-state index contributed by atoms with van der Waals surface area (Å²) in [5.41, 5.74) is 2.49. The minimum atomic E-state index is -2.49. The summed E-state index contributed by atoms with van der Waals surface area (Å²) in [6.07, 6.45) is 5.94. The minimum absolute atomic E-state index is 0.000811.